The van der Waals surface area contributed by atoms with E-state index < -0.39 is 0 Å². The van der Waals surface area contributed by atoms with Crippen LogP contribution >= 0.6 is 0 Å². The second-order valence-electron chi connectivity index (χ2n) is 9.87. The molecule has 3 aromatic rings. The molecule has 0 aliphatic heterocycles. The van der Waals surface area contributed by atoms with Crippen LogP contribution < -0.4 is 29.6 Å². The maximum Gasteiger partial charge on any atom is 1.00 e. The summed E-state index contributed by atoms with van der Waals surface area (Å²) in [5.74, 6) is 0. The van der Waals surface area contributed by atoms with Crippen molar-refractivity contribution in [3.8, 4) is 0 Å². The molecule has 0 aliphatic rings. The van der Waals surface area contributed by atoms with E-state index in [9.17, 15) is 0 Å². The third-order valence-electron chi connectivity index (χ3n) is 7.08. The van der Waals surface area contributed by atoms with Crippen molar-refractivity contribution >= 4 is 11.0 Å². The third-order valence-corrected chi connectivity index (χ3v) is 7.08. The molecule has 0 radical (unpaired) electrons. The molecule has 34 heavy (non-hydrogen) atoms. The van der Waals surface area contributed by atoms with E-state index in [0.717, 1.165) is 11.9 Å². The molecular weight excluding hydrogens is 423 g/mol. The monoisotopic (exact) mass is 470 g/mol. The van der Waals surface area contributed by atoms with Gasteiger partial charge >= 0.3 is 29.6 Å². The van der Waals surface area contributed by atoms with Crippen molar-refractivity contribution in [1.29, 1.82) is 0 Å². The minimum atomic E-state index is 0. The van der Waals surface area contributed by atoms with E-state index in [1.54, 1.807) is 0 Å². The number of unbranched alkanes of at least 4 members (excludes halogenated alkanes) is 13. The van der Waals surface area contributed by atoms with Crippen molar-refractivity contribution in [3.63, 3.8) is 0 Å². The van der Waals surface area contributed by atoms with Crippen LogP contribution in [0.4, 0.5) is 0 Å². The van der Waals surface area contributed by atoms with Gasteiger partial charge in [-0.3, -0.25) is 0 Å². The number of hydrogen-bond acceptors (Lipinski definition) is 1. The number of hydrogen-bond donors (Lipinski definition) is 0. The molecule has 0 spiro atoms. The van der Waals surface area contributed by atoms with Gasteiger partial charge in [0.15, 0.2) is 0 Å². The minimum absolute atomic E-state index is 0. The standard InChI is InChI=1S/C31H46N2.Na.H/c1-2-3-4-5-6-7-8-9-10-11-12-13-14-18-23-29(26-28-21-16-15-17-22-28)33-27-32-30-24-19-20-25-31(30)33;;/h15-17,19-22,24-25,27,29H,2-14,18,23,26H2,1H3;;/q;+1;-1. The Bertz CT molecular complexity index is 880. The fourth-order valence-electron chi connectivity index (χ4n) is 5.07. The summed E-state index contributed by atoms with van der Waals surface area (Å²) in [6, 6.07) is 20.0. The van der Waals surface area contributed by atoms with Crippen molar-refractivity contribution in [3.05, 3.63) is 66.5 Å². The molecule has 182 valence electrons. The molecule has 0 amide bonds. The molecule has 1 heterocycles. The Morgan fingerprint density at radius 2 is 1.21 bits per heavy atom. The number of fused-ring (bicyclic) bond motifs is 1. The van der Waals surface area contributed by atoms with Gasteiger partial charge in [0.05, 0.1) is 17.4 Å². The fourth-order valence-corrected chi connectivity index (χ4v) is 5.07. The molecular formula is C31H47N2Na. The molecule has 2 nitrogen and oxygen atoms in total. The van der Waals surface area contributed by atoms with Crippen LogP contribution in [0, 0.1) is 0 Å². The molecule has 1 unspecified atom stereocenters. The van der Waals surface area contributed by atoms with Gasteiger partial charge in [-0.15, -0.1) is 0 Å². The number of benzene rings is 2. The van der Waals surface area contributed by atoms with E-state index in [-0.39, 0.29) is 31.0 Å². The summed E-state index contributed by atoms with van der Waals surface area (Å²) in [7, 11) is 0. The predicted molar refractivity (Wildman–Crippen MR) is 145 cm³/mol. The van der Waals surface area contributed by atoms with E-state index in [0.29, 0.717) is 6.04 Å². The summed E-state index contributed by atoms with van der Waals surface area (Å²) < 4.78 is 2.42. The topological polar surface area (TPSA) is 17.8 Å². The average Bonchev–Trinajstić information content (AvgIpc) is 3.28. The predicted octanol–water partition coefficient (Wildman–Crippen LogP) is 6.81. The number of aromatic nitrogens is 2. The van der Waals surface area contributed by atoms with Gasteiger partial charge in [0.1, 0.15) is 0 Å². The SMILES string of the molecule is CCCCCCCCCCCCCCCCC(Cc1ccccc1)n1cnc2ccccc21.[H-].[Na+]. The fraction of sp³-hybridized carbons (Fsp3) is 0.581. The summed E-state index contributed by atoms with van der Waals surface area (Å²) in [5, 5.41) is 0. The van der Waals surface area contributed by atoms with E-state index in [1.807, 2.05) is 0 Å². The summed E-state index contributed by atoms with van der Waals surface area (Å²) in [5.41, 5.74) is 3.80. The van der Waals surface area contributed by atoms with Crippen LogP contribution in [-0.4, -0.2) is 9.55 Å². The largest absolute Gasteiger partial charge is 1.00 e. The molecule has 1 atom stereocenters. The van der Waals surface area contributed by atoms with E-state index in [1.165, 1.54) is 107 Å². The maximum absolute atomic E-state index is 4.66. The summed E-state index contributed by atoms with van der Waals surface area (Å²) in [6.45, 7) is 2.30. The zero-order valence-electron chi connectivity index (χ0n) is 23.1. The molecule has 0 fully saturated rings. The molecule has 0 N–H and O–H groups in total. The Labute approximate surface area is 232 Å². The van der Waals surface area contributed by atoms with Crippen molar-refractivity contribution in [2.24, 2.45) is 0 Å². The van der Waals surface area contributed by atoms with Crippen LogP contribution in [-0.2, 0) is 6.42 Å². The van der Waals surface area contributed by atoms with Crippen LogP contribution in [0.25, 0.3) is 11.0 Å². The summed E-state index contributed by atoms with van der Waals surface area (Å²) >= 11 is 0. The van der Waals surface area contributed by atoms with Gasteiger partial charge in [0.25, 0.3) is 0 Å². The van der Waals surface area contributed by atoms with Gasteiger partial charge in [-0.2, -0.15) is 0 Å². The van der Waals surface area contributed by atoms with E-state index in [2.05, 4.69) is 77.4 Å². The third kappa shape index (κ3) is 10.7. The van der Waals surface area contributed by atoms with Crippen molar-refractivity contribution in [1.82, 2.24) is 9.55 Å². The van der Waals surface area contributed by atoms with Crippen LogP contribution in [0.3, 0.4) is 0 Å². The molecule has 0 bridgehead atoms. The van der Waals surface area contributed by atoms with Gasteiger partial charge in [-0.05, 0) is 30.5 Å². The number of rotatable bonds is 18. The number of nitrogens with zero attached hydrogens (tertiary/aromatic N) is 2. The van der Waals surface area contributed by atoms with E-state index >= 15 is 0 Å². The quantitative estimate of drug-likeness (QED) is 0.147. The Balaban J connectivity index is 0.00000306. The second-order valence-corrected chi connectivity index (χ2v) is 9.87. The second kappa shape index (κ2) is 18.2. The molecule has 2 aromatic carbocycles. The first kappa shape index (κ1) is 29.1. The zero-order valence-corrected chi connectivity index (χ0v) is 24.1. The number of para-hydroxylation sites is 2. The van der Waals surface area contributed by atoms with Crippen LogP contribution in [0.2, 0.25) is 0 Å². The van der Waals surface area contributed by atoms with Crippen LogP contribution in [0.1, 0.15) is 116 Å². The van der Waals surface area contributed by atoms with Gasteiger partial charge < -0.3 is 5.99 Å². The van der Waals surface area contributed by atoms with Crippen LogP contribution in [0.5, 0.6) is 0 Å². The Morgan fingerprint density at radius 3 is 1.82 bits per heavy atom. The molecule has 3 heteroatoms. The first-order valence-electron chi connectivity index (χ1n) is 13.8. The summed E-state index contributed by atoms with van der Waals surface area (Å²) in [6.07, 6.45) is 24.2. The molecule has 1 aromatic heterocycles. The average molecular weight is 471 g/mol. The van der Waals surface area contributed by atoms with E-state index in [4.69, 9.17) is 0 Å². The summed E-state index contributed by atoms with van der Waals surface area (Å²) in [4.78, 5) is 4.66. The smallest absolute Gasteiger partial charge is 1.00 e. The minimum Gasteiger partial charge on any atom is -1.00 e. The molecule has 0 saturated carbocycles. The maximum atomic E-state index is 4.66. The van der Waals surface area contributed by atoms with Crippen LogP contribution in [0.15, 0.2) is 60.9 Å². The molecule has 0 aliphatic carbocycles. The normalized spacial score (nSPS) is 12.0. The van der Waals surface area contributed by atoms with Gasteiger partial charge in [0, 0.05) is 6.04 Å². The molecule has 0 saturated heterocycles. The Hall–Kier alpha value is -1.09. The van der Waals surface area contributed by atoms with Crippen molar-refractivity contribution < 1.29 is 31.0 Å². The van der Waals surface area contributed by atoms with Gasteiger partial charge in [-0.1, -0.05) is 139 Å². The first-order chi connectivity index (χ1) is 16.4. The first-order valence-corrected chi connectivity index (χ1v) is 13.8. The zero-order chi connectivity index (χ0) is 23.0. The molecule has 3 rings (SSSR count). The van der Waals surface area contributed by atoms with Crippen molar-refractivity contribution in [2.45, 2.75) is 116 Å². The van der Waals surface area contributed by atoms with Crippen molar-refractivity contribution in [2.75, 3.05) is 0 Å². The van der Waals surface area contributed by atoms with Gasteiger partial charge in [-0.25, -0.2) is 4.98 Å². The van der Waals surface area contributed by atoms with Gasteiger partial charge in [0.2, 0.25) is 0 Å². The Morgan fingerprint density at radius 1 is 0.676 bits per heavy atom. The Kier molecular flexibility index (Phi) is 15.6. The number of imidazole rings is 1.